The van der Waals surface area contributed by atoms with Crippen LogP contribution in [0, 0.1) is 0 Å². The van der Waals surface area contributed by atoms with Gasteiger partial charge in [-0.1, -0.05) is 6.92 Å². The number of carboxylic acid groups (broad SMARTS) is 1. The van der Waals surface area contributed by atoms with E-state index < -0.39 is 30.5 Å². The first kappa shape index (κ1) is 13.3. The molecule has 0 spiro atoms. The summed E-state index contributed by atoms with van der Waals surface area (Å²) in [5, 5.41) is 8.96. The van der Waals surface area contributed by atoms with Gasteiger partial charge >= 0.3 is 5.97 Å². The molecular formula is C10H17F2NO3. The van der Waals surface area contributed by atoms with Crippen LogP contribution in [-0.4, -0.2) is 54.2 Å². The molecule has 0 aromatic rings. The second-order valence-corrected chi connectivity index (χ2v) is 4.10. The van der Waals surface area contributed by atoms with Crippen molar-refractivity contribution in [3.8, 4) is 0 Å². The highest BCUT2D eigenvalue weighted by atomic mass is 19.3. The SMILES string of the molecule is CC[C@@H](C(=O)O)N1CC(F)(F)C[C@H]1COC. The van der Waals surface area contributed by atoms with Gasteiger partial charge in [0, 0.05) is 19.6 Å². The van der Waals surface area contributed by atoms with Gasteiger partial charge in [0.2, 0.25) is 0 Å². The summed E-state index contributed by atoms with van der Waals surface area (Å²) >= 11 is 0. The lowest BCUT2D eigenvalue weighted by molar-refractivity contribution is -0.144. The molecule has 2 atom stereocenters. The Kier molecular flexibility index (Phi) is 4.21. The third-order valence-corrected chi connectivity index (χ3v) is 2.85. The summed E-state index contributed by atoms with van der Waals surface area (Å²) in [6.07, 6.45) is -0.0176. The van der Waals surface area contributed by atoms with Crippen molar-refractivity contribution in [2.24, 2.45) is 0 Å². The quantitative estimate of drug-likeness (QED) is 0.780. The lowest BCUT2D eigenvalue weighted by atomic mass is 10.1. The molecule has 1 heterocycles. The Bertz CT molecular complexity index is 260. The Hall–Kier alpha value is -0.750. The van der Waals surface area contributed by atoms with Crippen molar-refractivity contribution in [2.75, 3.05) is 20.3 Å². The molecule has 4 nitrogen and oxygen atoms in total. The average molecular weight is 237 g/mol. The number of alkyl halides is 2. The number of methoxy groups -OCH3 is 1. The lowest BCUT2D eigenvalue weighted by Crippen LogP contribution is -2.45. The van der Waals surface area contributed by atoms with E-state index in [4.69, 9.17) is 9.84 Å². The van der Waals surface area contributed by atoms with E-state index >= 15 is 0 Å². The maximum Gasteiger partial charge on any atom is 0.320 e. The Morgan fingerprint density at radius 3 is 2.75 bits per heavy atom. The number of hydrogen-bond donors (Lipinski definition) is 1. The molecule has 1 N–H and O–H groups in total. The molecule has 1 fully saturated rings. The van der Waals surface area contributed by atoms with E-state index in [0.717, 1.165) is 0 Å². The van der Waals surface area contributed by atoms with Crippen molar-refractivity contribution in [1.29, 1.82) is 0 Å². The maximum absolute atomic E-state index is 13.2. The average Bonchev–Trinajstić information content (AvgIpc) is 2.43. The van der Waals surface area contributed by atoms with Crippen molar-refractivity contribution in [3.63, 3.8) is 0 Å². The van der Waals surface area contributed by atoms with Crippen LogP contribution >= 0.6 is 0 Å². The van der Waals surface area contributed by atoms with Crippen LogP contribution in [0.25, 0.3) is 0 Å². The molecule has 6 heteroatoms. The summed E-state index contributed by atoms with van der Waals surface area (Å²) in [7, 11) is 1.43. The molecule has 0 aromatic carbocycles. The van der Waals surface area contributed by atoms with Gasteiger partial charge < -0.3 is 9.84 Å². The molecule has 16 heavy (non-hydrogen) atoms. The van der Waals surface area contributed by atoms with E-state index in [-0.39, 0.29) is 13.0 Å². The number of likely N-dealkylation sites (tertiary alicyclic amines) is 1. The molecule has 1 rings (SSSR count). The van der Waals surface area contributed by atoms with Crippen molar-refractivity contribution in [2.45, 2.75) is 37.8 Å². The van der Waals surface area contributed by atoms with Crippen LogP contribution < -0.4 is 0 Å². The van der Waals surface area contributed by atoms with Crippen LogP contribution in [0.4, 0.5) is 8.78 Å². The van der Waals surface area contributed by atoms with Crippen LogP contribution in [-0.2, 0) is 9.53 Å². The monoisotopic (exact) mass is 237 g/mol. The summed E-state index contributed by atoms with van der Waals surface area (Å²) < 4.78 is 31.3. The second-order valence-electron chi connectivity index (χ2n) is 4.10. The zero-order chi connectivity index (χ0) is 12.3. The summed E-state index contributed by atoms with van der Waals surface area (Å²) in [5.41, 5.74) is 0. The van der Waals surface area contributed by atoms with Crippen LogP contribution in [0.1, 0.15) is 19.8 Å². The van der Waals surface area contributed by atoms with Crippen LogP contribution in [0.2, 0.25) is 0 Å². The molecule has 0 aromatic heterocycles. The molecule has 0 aliphatic carbocycles. The molecule has 94 valence electrons. The van der Waals surface area contributed by atoms with E-state index in [9.17, 15) is 13.6 Å². The number of carbonyl (C=O) groups is 1. The van der Waals surface area contributed by atoms with E-state index in [1.165, 1.54) is 12.0 Å². The summed E-state index contributed by atoms with van der Waals surface area (Å²) in [5.74, 6) is -3.87. The fraction of sp³-hybridized carbons (Fsp3) is 0.900. The van der Waals surface area contributed by atoms with Crippen LogP contribution in [0.3, 0.4) is 0 Å². The van der Waals surface area contributed by atoms with Crippen molar-refractivity contribution < 1.29 is 23.4 Å². The molecule has 0 amide bonds. The second kappa shape index (κ2) is 5.05. The Morgan fingerprint density at radius 2 is 2.31 bits per heavy atom. The molecule has 1 aliphatic rings. The van der Waals surface area contributed by atoms with Crippen LogP contribution in [0.5, 0.6) is 0 Å². The van der Waals surface area contributed by atoms with Crippen molar-refractivity contribution >= 4 is 5.97 Å². The van der Waals surface area contributed by atoms with E-state index in [1.54, 1.807) is 6.92 Å². The van der Waals surface area contributed by atoms with Gasteiger partial charge in [-0.25, -0.2) is 8.78 Å². The predicted molar refractivity (Wildman–Crippen MR) is 53.6 cm³/mol. The Labute approximate surface area is 93.2 Å². The maximum atomic E-state index is 13.2. The first-order chi connectivity index (χ1) is 7.41. The summed E-state index contributed by atoms with van der Waals surface area (Å²) in [6, 6.07) is -1.37. The van der Waals surface area contributed by atoms with Gasteiger partial charge in [0.1, 0.15) is 6.04 Å². The fourth-order valence-corrected chi connectivity index (χ4v) is 2.19. The van der Waals surface area contributed by atoms with Gasteiger partial charge in [0.05, 0.1) is 13.2 Å². The first-order valence-corrected chi connectivity index (χ1v) is 5.26. The highest BCUT2D eigenvalue weighted by molar-refractivity contribution is 5.73. The van der Waals surface area contributed by atoms with E-state index in [1.807, 2.05) is 0 Å². The van der Waals surface area contributed by atoms with Gasteiger partial charge in [-0.05, 0) is 6.42 Å². The number of hydrogen-bond acceptors (Lipinski definition) is 3. The van der Waals surface area contributed by atoms with Gasteiger partial charge in [0.25, 0.3) is 5.92 Å². The summed E-state index contributed by atoms with van der Waals surface area (Å²) in [4.78, 5) is 12.3. The van der Waals surface area contributed by atoms with Crippen LogP contribution in [0.15, 0.2) is 0 Å². The third kappa shape index (κ3) is 2.89. The molecule has 0 unspecified atom stereocenters. The third-order valence-electron chi connectivity index (χ3n) is 2.85. The van der Waals surface area contributed by atoms with Gasteiger partial charge in [0.15, 0.2) is 0 Å². The fourth-order valence-electron chi connectivity index (χ4n) is 2.19. The number of nitrogens with zero attached hydrogens (tertiary/aromatic N) is 1. The number of ether oxygens (including phenoxy) is 1. The number of carboxylic acids is 1. The highest BCUT2D eigenvalue weighted by Crippen LogP contribution is 2.34. The summed E-state index contributed by atoms with van der Waals surface area (Å²) in [6.45, 7) is 1.32. The molecule has 0 bridgehead atoms. The first-order valence-electron chi connectivity index (χ1n) is 5.26. The number of halogens is 2. The number of rotatable bonds is 5. The standard InChI is InChI=1S/C10H17F2NO3/c1-3-8(9(14)15)13-6-10(11,12)4-7(13)5-16-2/h7-8H,3-6H2,1-2H3,(H,14,15)/t7-,8-/m0/s1. The van der Waals surface area contributed by atoms with Gasteiger partial charge in [-0.2, -0.15) is 0 Å². The highest BCUT2D eigenvalue weighted by Gasteiger charge is 2.48. The zero-order valence-corrected chi connectivity index (χ0v) is 9.45. The molecule has 0 saturated carbocycles. The van der Waals surface area contributed by atoms with E-state index in [2.05, 4.69) is 0 Å². The Morgan fingerprint density at radius 1 is 1.69 bits per heavy atom. The van der Waals surface area contributed by atoms with Gasteiger partial charge in [-0.3, -0.25) is 9.69 Å². The lowest BCUT2D eigenvalue weighted by Gasteiger charge is -2.28. The Balaban J connectivity index is 2.79. The minimum absolute atomic E-state index is 0.138. The topological polar surface area (TPSA) is 49.8 Å². The molecule has 0 radical (unpaired) electrons. The molecule has 1 saturated heterocycles. The number of aliphatic carboxylic acids is 1. The minimum atomic E-state index is -2.81. The largest absolute Gasteiger partial charge is 0.480 e. The van der Waals surface area contributed by atoms with Gasteiger partial charge in [-0.15, -0.1) is 0 Å². The minimum Gasteiger partial charge on any atom is -0.480 e. The normalized spacial score (nSPS) is 26.9. The molecule has 1 aliphatic heterocycles. The smallest absolute Gasteiger partial charge is 0.320 e. The molecular weight excluding hydrogens is 220 g/mol. The predicted octanol–water partition coefficient (Wildman–Crippen LogP) is 1.21. The zero-order valence-electron chi connectivity index (χ0n) is 9.45. The van der Waals surface area contributed by atoms with Crippen molar-refractivity contribution in [1.82, 2.24) is 4.90 Å². The van der Waals surface area contributed by atoms with E-state index in [0.29, 0.717) is 6.42 Å². The van der Waals surface area contributed by atoms with Crippen molar-refractivity contribution in [3.05, 3.63) is 0 Å².